The summed E-state index contributed by atoms with van der Waals surface area (Å²) in [6.07, 6.45) is 2.83. The Morgan fingerprint density at radius 3 is 2.60 bits per heavy atom. The highest BCUT2D eigenvalue weighted by molar-refractivity contribution is 9.10. The molecule has 0 fully saturated rings. The Morgan fingerprint density at radius 1 is 1.20 bits per heavy atom. The van der Waals surface area contributed by atoms with Crippen LogP contribution < -0.4 is 5.32 Å². The summed E-state index contributed by atoms with van der Waals surface area (Å²) in [5, 5.41) is 3.27. The lowest BCUT2D eigenvalue weighted by molar-refractivity contribution is 0.525. The van der Waals surface area contributed by atoms with Crippen molar-refractivity contribution in [3.05, 3.63) is 28.1 Å². The van der Waals surface area contributed by atoms with Crippen LogP contribution in [0.4, 0.5) is 5.82 Å². The predicted molar refractivity (Wildman–Crippen MR) is 85.0 cm³/mol. The highest BCUT2D eigenvalue weighted by Crippen LogP contribution is 2.28. The van der Waals surface area contributed by atoms with Gasteiger partial charge in [0.05, 0.1) is 10.2 Å². The van der Waals surface area contributed by atoms with E-state index in [0.717, 1.165) is 53.3 Å². The monoisotopic (exact) mass is 337 g/mol. The predicted octanol–water partition coefficient (Wildman–Crippen LogP) is 4.45. The maximum atomic E-state index is 5.76. The summed E-state index contributed by atoms with van der Waals surface area (Å²) in [6.45, 7) is 7.08. The molecule has 2 aromatic rings. The lowest BCUT2D eigenvalue weighted by atomic mass is 10.2. The van der Waals surface area contributed by atoms with Gasteiger partial charge < -0.3 is 9.73 Å². The second-order valence-electron chi connectivity index (χ2n) is 4.56. The average molecular weight is 338 g/mol. The fraction of sp³-hybridized carbons (Fsp3) is 0.467. The Bertz CT molecular complexity index is 553. The highest BCUT2D eigenvalue weighted by Gasteiger charge is 2.14. The Hall–Kier alpha value is -1.36. The zero-order chi connectivity index (χ0) is 14.5. The van der Waals surface area contributed by atoms with E-state index < -0.39 is 0 Å². The molecule has 0 aliphatic rings. The minimum atomic E-state index is 0.646. The Labute approximate surface area is 128 Å². The van der Waals surface area contributed by atoms with Crippen molar-refractivity contribution in [2.75, 3.05) is 11.9 Å². The van der Waals surface area contributed by atoms with Crippen molar-refractivity contribution in [2.24, 2.45) is 0 Å². The average Bonchev–Trinajstić information content (AvgIpc) is 2.92. The molecule has 20 heavy (non-hydrogen) atoms. The molecule has 0 bridgehead atoms. The molecule has 2 aromatic heterocycles. The van der Waals surface area contributed by atoms with Crippen LogP contribution in [0.5, 0.6) is 0 Å². The number of aromatic nitrogens is 2. The summed E-state index contributed by atoms with van der Waals surface area (Å²) < 4.78 is 6.71. The molecule has 108 valence electrons. The molecule has 0 atom stereocenters. The van der Waals surface area contributed by atoms with Crippen molar-refractivity contribution in [1.29, 1.82) is 0 Å². The van der Waals surface area contributed by atoms with Crippen LogP contribution in [0, 0.1) is 0 Å². The number of anilines is 1. The standard InChI is InChI=1S/C15H20BrN3O/c1-4-7-11-13(16)15(17-6-3)19-14(18-11)12-9-8-10(5-2)20-12/h8-9H,4-7H2,1-3H3,(H,17,18,19). The molecular weight excluding hydrogens is 318 g/mol. The Kier molecular flexibility index (Phi) is 5.17. The lowest BCUT2D eigenvalue weighted by Gasteiger charge is -2.10. The molecular formula is C15H20BrN3O. The molecule has 0 unspecified atom stereocenters. The highest BCUT2D eigenvalue weighted by atomic mass is 79.9. The minimum absolute atomic E-state index is 0.646. The van der Waals surface area contributed by atoms with Gasteiger partial charge in [-0.15, -0.1) is 0 Å². The third kappa shape index (κ3) is 3.20. The fourth-order valence-electron chi connectivity index (χ4n) is 1.98. The summed E-state index contributed by atoms with van der Waals surface area (Å²) in [5.41, 5.74) is 1.02. The van der Waals surface area contributed by atoms with E-state index in [4.69, 9.17) is 4.42 Å². The molecule has 0 aromatic carbocycles. The van der Waals surface area contributed by atoms with Crippen LogP contribution in [0.25, 0.3) is 11.6 Å². The summed E-state index contributed by atoms with van der Waals surface area (Å²) in [6, 6.07) is 3.92. The number of rotatable bonds is 6. The first-order valence-electron chi connectivity index (χ1n) is 7.08. The third-order valence-corrected chi connectivity index (χ3v) is 3.81. The number of halogens is 1. The number of nitrogens with zero attached hydrogens (tertiary/aromatic N) is 2. The van der Waals surface area contributed by atoms with Gasteiger partial charge in [0, 0.05) is 13.0 Å². The van der Waals surface area contributed by atoms with Gasteiger partial charge in [0.2, 0.25) is 0 Å². The number of aryl methyl sites for hydroxylation is 2. The summed E-state index contributed by atoms with van der Waals surface area (Å²) in [4.78, 5) is 9.19. The van der Waals surface area contributed by atoms with Crippen molar-refractivity contribution < 1.29 is 4.42 Å². The maximum absolute atomic E-state index is 5.76. The van der Waals surface area contributed by atoms with E-state index in [2.05, 4.69) is 52.0 Å². The third-order valence-electron chi connectivity index (χ3n) is 2.98. The normalized spacial score (nSPS) is 10.8. The van der Waals surface area contributed by atoms with Crippen LogP contribution in [0.3, 0.4) is 0 Å². The second kappa shape index (κ2) is 6.88. The molecule has 0 amide bonds. The lowest BCUT2D eigenvalue weighted by Crippen LogP contribution is -2.06. The van der Waals surface area contributed by atoms with Crippen LogP contribution in [0.2, 0.25) is 0 Å². The van der Waals surface area contributed by atoms with Gasteiger partial charge >= 0.3 is 0 Å². The first-order valence-corrected chi connectivity index (χ1v) is 7.88. The maximum Gasteiger partial charge on any atom is 0.197 e. The number of hydrogen-bond acceptors (Lipinski definition) is 4. The molecule has 0 aliphatic carbocycles. The van der Waals surface area contributed by atoms with Crippen LogP contribution in [-0.4, -0.2) is 16.5 Å². The molecule has 4 nitrogen and oxygen atoms in total. The van der Waals surface area contributed by atoms with Crippen LogP contribution >= 0.6 is 15.9 Å². The van der Waals surface area contributed by atoms with Gasteiger partial charge in [-0.3, -0.25) is 0 Å². The Balaban J connectivity index is 2.46. The van der Waals surface area contributed by atoms with Crippen molar-refractivity contribution >= 4 is 21.7 Å². The van der Waals surface area contributed by atoms with Crippen LogP contribution in [-0.2, 0) is 12.8 Å². The van der Waals surface area contributed by atoms with Gasteiger partial charge in [-0.1, -0.05) is 20.3 Å². The van der Waals surface area contributed by atoms with Gasteiger partial charge in [-0.25, -0.2) is 9.97 Å². The Morgan fingerprint density at radius 2 is 2.00 bits per heavy atom. The molecule has 0 aliphatic heterocycles. The SMILES string of the molecule is CCCc1nc(-c2ccc(CC)o2)nc(NCC)c1Br. The van der Waals surface area contributed by atoms with Crippen molar-refractivity contribution in [2.45, 2.75) is 40.0 Å². The van der Waals surface area contributed by atoms with E-state index in [9.17, 15) is 0 Å². The largest absolute Gasteiger partial charge is 0.458 e. The molecule has 0 radical (unpaired) electrons. The smallest absolute Gasteiger partial charge is 0.197 e. The molecule has 0 saturated heterocycles. The zero-order valence-electron chi connectivity index (χ0n) is 12.2. The number of nitrogens with one attached hydrogen (secondary N) is 1. The molecule has 0 saturated carbocycles. The molecule has 2 heterocycles. The first-order chi connectivity index (χ1) is 9.69. The van der Waals surface area contributed by atoms with Gasteiger partial charge in [0.25, 0.3) is 0 Å². The molecule has 2 rings (SSSR count). The van der Waals surface area contributed by atoms with Gasteiger partial charge in [0.1, 0.15) is 11.6 Å². The van der Waals surface area contributed by atoms with E-state index in [0.29, 0.717) is 5.82 Å². The molecule has 0 spiro atoms. The van der Waals surface area contributed by atoms with Crippen molar-refractivity contribution in [3.63, 3.8) is 0 Å². The van der Waals surface area contributed by atoms with E-state index in [1.807, 2.05) is 12.1 Å². The second-order valence-corrected chi connectivity index (χ2v) is 5.35. The van der Waals surface area contributed by atoms with Crippen molar-refractivity contribution in [3.8, 4) is 11.6 Å². The zero-order valence-corrected chi connectivity index (χ0v) is 13.7. The van der Waals surface area contributed by atoms with E-state index in [1.54, 1.807) is 0 Å². The van der Waals surface area contributed by atoms with E-state index >= 15 is 0 Å². The quantitative estimate of drug-likeness (QED) is 0.846. The number of furan rings is 1. The first kappa shape index (κ1) is 15.0. The van der Waals surface area contributed by atoms with Gasteiger partial charge in [-0.05, 0) is 41.4 Å². The van der Waals surface area contributed by atoms with Crippen LogP contribution in [0.15, 0.2) is 21.0 Å². The van der Waals surface area contributed by atoms with E-state index in [-0.39, 0.29) is 0 Å². The van der Waals surface area contributed by atoms with Gasteiger partial charge in [-0.2, -0.15) is 0 Å². The summed E-state index contributed by atoms with van der Waals surface area (Å²) >= 11 is 3.59. The van der Waals surface area contributed by atoms with E-state index in [1.165, 1.54) is 0 Å². The summed E-state index contributed by atoms with van der Waals surface area (Å²) in [7, 11) is 0. The van der Waals surface area contributed by atoms with Crippen molar-refractivity contribution in [1.82, 2.24) is 9.97 Å². The van der Waals surface area contributed by atoms with Crippen LogP contribution in [0.1, 0.15) is 38.6 Å². The number of hydrogen-bond donors (Lipinski definition) is 1. The van der Waals surface area contributed by atoms with Gasteiger partial charge in [0.15, 0.2) is 11.6 Å². The molecule has 5 heteroatoms. The molecule has 1 N–H and O–H groups in total. The minimum Gasteiger partial charge on any atom is -0.458 e. The fourth-order valence-corrected chi connectivity index (χ4v) is 2.49. The topological polar surface area (TPSA) is 51.0 Å². The summed E-state index contributed by atoms with van der Waals surface area (Å²) in [5.74, 6) is 3.15.